The summed E-state index contributed by atoms with van der Waals surface area (Å²) >= 11 is 0. The van der Waals surface area contributed by atoms with Crippen LogP contribution in [0.1, 0.15) is 27.7 Å². The van der Waals surface area contributed by atoms with Crippen LogP contribution < -0.4 is 5.32 Å². The van der Waals surface area contributed by atoms with Crippen molar-refractivity contribution in [3.63, 3.8) is 0 Å². The maximum absolute atomic E-state index is 4.30. The molecule has 18 heavy (non-hydrogen) atoms. The molecule has 6 heteroatoms. The Hall–Kier alpha value is -1.72. The van der Waals surface area contributed by atoms with Crippen molar-refractivity contribution in [2.24, 2.45) is 16.7 Å². The minimum absolute atomic E-state index is 0.388. The molecular weight excluding hydrogens is 228 g/mol. The predicted octanol–water partition coefficient (Wildman–Crippen LogP) is 1.61. The zero-order chi connectivity index (χ0) is 13.0. The van der Waals surface area contributed by atoms with Crippen molar-refractivity contribution in [3.05, 3.63) is 12.1 Å². The van der Waals surface area contributed by atoms with Gasteiger partial charge in [-0.05, 0) is 39.3 Å². The molecule has 0 aromatic carbocycles. The topological polar surface area (TPSA) is 68.0 Å². The molecule has 1 fully saturated rings. The quantitative estimate of drug-likeness (QED) is 0.891. The van der Waals surface area contributed by atoms with Gasteiger partial charge in [0.05, 0.1) is 0 Å². The minimum atomic E-state index is 0.388. The summed E-state index contributed by atoms with van der Waals surface area (Å²) in [5, 5.41) is 18.8. The molecule has 0 saturated heterocycles. The van der Waals surface area contributed by atoms with E-state index >= 15 is 0 Å². The fourth-order valence-corrected chi connectivity index (χ4v) is 2.79. The molecule has 0 bridgehead atoms. The second kappa shape index (κ2) is 3.40. The number of rotatable bonds is 3. The van der Waals surface area contributed by atoms with E-state index in [2.05, 4.69) is 53.6 Å². The average molecular weight is 246 g/mol. The molecule has 1 aliphatic rings. The van der Waals surface area contributed by atoms with Crippen LogP contribution in [0.15, 0.2) is 12.1 Å². The average Bonchev–Trinajstić information content (AvgIpc) is 2.70. The fraction of sp³-hybridized carbons (Fsp3) is 0.667. The molecule has 0 unspecified atom stereocenters. The standard InChI is InChI=1S/C12H18N6/c1-11(2)8(12(11,3)4)7-13-9-5-6-10-14-16-17-18(10)15-9/h5-6,8H,7H2,1-4H3,(H,13,15). The van der Waals surface area contributed by atoms with Gasteiger partial charge in [0.15, 0.2) is 5.65 Å². The zero-order valence-corrected chi connectivity index (χ0v) is 11.2. The number of aromatic nitrogens is 5. The van der Waals surface area contributed by atoms with Crippen LogP contribution in [-0.2, 0) is 0 Å². The van der Waals surface area contributed by atoms with Gasteiger partial charge in [0.25, 0.3) is 0 Å². The lowest BCUT2D eigenvalue weighted by molar-refractivity contribution is 0.457. The maximum Gasteiger partial charge on any atom is 0.200 e. The van der Waals surface area contributed by atoms with Gasteiger partial charge in [-0.2, -0.15) is 0 Å². The monoisotopic (exact) mass is 246 g/mol. The van der Waals surface area contributed by atoms with Gasteiger partial charge in [-0.25, -0.2) is 0 Å². The van der Waals surface area contributed by atoms with Gasteiger partial charge >= 0.3 is 0 Å². The highest BCUT2D eigenvalue weighted by Crippen LogP contribution is 2.68. The maximum atomic E-state index is 4.30. The first-order valence-corrected chi connectivity index (χ1v) is 6.22. The van der Waals surface area contributed by atoms with Gasteiger partial charge in [0.2, 0.25) is 0 Å². The number of fused-ring (bicyclic) bond motifs is 1. The molecule has 2 aromatic heterocycles. The Morgan fingerprint density at radius 1 is 1.22 bits per heavy atom. The summed E-state index contributed by atoms with van der Waals surface area (Å²) in [6.07, 6.45) is 0. The summed E-state index contributed by atoms with van der Waals surface area (Å²) in [5.74, 6) is 1.48. The Morgan fingerprint density at radius 3 is 2.61 bits per heavy atom. The third kappa shape index (κ3) is 1.48. The van der Waals surface area contributed by atoms with Crippen molar-refractivity contribution in [1.29, 1.82) is 0 Å². The van der Waals surface area contributed by atoms with Crippen LogP contribution >= 0.6 is 0 Å². The smallest absolute Gasteiger partial charge is 0.200 e. The van der Waals surface area contributed by atoms with Gasteiger partial charge in [0, 0.05) is 6.54 Å². The first-order valence-electron chi connectivity index (χ1n) is 6.22. The van der Waals surface area contributed by atoms with Gasteiger partial charge in [-0.3, -0.25) is 0 Å². The molecule has 1 saturated carbocycles. The summed E-state index contributed by atoms with van der Waals surface area (Å²) in [4.78, 5) is 0. The lowest BCUT2D eigenvalue weighted by Crippen LogP contribution is -2.10. The molecule has 6 nitrogen and oxygen atoms in total. The SMILES string of the molecule is CC1(C)C(CNc2ccc3nnnn3n2)C1(C)C. The molecule has 3 rings (SSSR count). The second-order valence-corrected chi connectivity index (χ2v) is 6.12. The van der Waals surface area contributed by atoms with Crippen LogP contribution in [0.3, 0.4) is 0 Å². The normalized spacial score (nSPS) is 21.1. The van der Waals surface area contributed by atoms with Crippen LogP contribution in [0.4, 0.5) is 5.82 Å². The molecule has 1 N–H and O–H groups in total. The Morgan fingerprint density at radius 2 is 1.94 bits per heavy atom. The molecule has 0 amide bonds. The van der Waals surface area contributed by atoms with Gasteiger partial charge in [-0.15, -0.1) is 14.8 Å². The molecule has 0 aliphatic heterocycles. The molecule has 0 atom stereocenters. The highest BCUT2D eigenvalue weighted by atomic mass is 15.6. The van der Waals surface area contributed by atoms with Gasteiger partial charge in [-0.1, -0.05) is 27.7 Å². The van der Waals surface area contributed by atoms with E-state index in [1.807, 2.05) is 12.1 Å². The first kappa shape index (κ1) is 11.4. The van der Waals surface area contributed by atoms with E-state index in [0.717, 1.165) is 12.4 Å². The zero-order valence-electron chi connectivity index (χ0n) is 11.2. The van der Waals surface area contributed by atoms with Crippen molar-refractivity contribution in [3.8, 4) is 0 Å². The first-order chi connectivity index (χ1) is 8.43. The molecule has 96 valence electrons. The van der Waals surface area contributed by atoms with E-state index in [9.17, 15) is 0 Å². The van der Waals surface area contributed by atoms with E-state index in [1.54, 1.807) is 0 Å². The Bertz CT molecular complexity index is 571. The molecular formula is C12H18N6. The summed E-state index contributed by atoms with van der Waals surface area (Å²) in [6, 6.07) is 3.77. The number of nitrogens with zero attached hydrogens (tertiary/aromatic N) is 5. The summed E-state index contributed by atoms with van der Waals surface area (Å²) in [6.45, 7) is 10.2. The minimum Gasteiger partial charge on any atom is -0.368 e. The Labute approximate surface area is 106 Å². The van der Waals surface area contributed by atoms with Crippen molar-refractivity contribution >= 4 is 11.5 Å². The molecule has 1 aliphatic carbocycles. The van der Waals surface area contributed by atoms with Crippen molar-refractivity contribution in [2.45, 2.75) is 27.7 Å². The van der Waals surface area contributed by atoms with E-state index < -0.39 is 0 Å². The molecule has 0 radical (unpaired) electrons. The van der Waals surface area contributed by atoms with Crippen molar-refractivity contribution < 1.29 is 0 Å². The van der Waals surface area contributed by atoms with E-state index in [-0.39, 0.29) is 0 Å². The van der Waals surface area contributed by atoms with E-state index in [1.165, 1.54) is 4.63 Å². The van der Waals surface area contributed by atoms with Crippen LogP contribution in [0, 0.1) is 16.7 Å². The Balaban J connectivity index is 1.71. The van der Waals surface area contributed by atoms with Gasteiger partial charge < -0.3 is 5.32 Å². The summed E-state index contributed by atoms with van der Waals surface area (Å²) in [7, 11) is 0. The molecule has 0 spiro atoms. The van der Waals surface area contributed by atoms with Crippen molar-refractivity contribution in [1.82, 2.24) is 25.3 Å². The summed E-state index contributed by atoms with van der Waals surface area (Å²) in [5.41, 5.74) is 1.44. The number of tetrazole rings is 1. The number of anilines is 1. The lowest BCUT2D eigenvalue weighted by atomic mass is 10.0. The molecule has 2 heterocycles. The van der Waals surface area contributed by atoms with Crippen LogP contribution in [0.25, 0.3) is 5.65 Å². The van der Waals surface area contributed by atoms with Crippen molar-refractivity contribution in [2.75, 3.05) is 11.9 Å². The number of hydrogen-bond acceptors (Lipinski definition) is 5. The number of nitrogens with one attached hydrogen (secondary N) is 1. The van der Waals surface area contributed by atoms with E-state index in [0.29, 0.717) is 22.4 Å². The largest absolute Gasteiger partial charge is 0.368 e. The number of hydrogen-bond donors (Lipinski definition) is 1. The summed E-state index contributed by atoms with van der Waals surface area (Å²) < 4.78 is 1.44. The van der Waals surface area contributed by atoms with Crippen LogP contribution in [0.5, 0.6) is 0 Å². The predicted molar refractivity (Wildman–Crippen MR) is 68.1 cm³/mol. The van der Waals surface area contributed by atoms with Gasteiger partial charge in [0.1, 0.15) is 5.82 Å². The molecule has 2 aromatic rings. The fourth-order valence-electron chi connectivity index (χ4n) is 2.79. The van der Waals surface area contributed by atoms with Crippen LogP contribution in [-0.4, -0.2) is 31.8 Å². The van der Waals surface area contributed by atoms with E-state index in [4.69, 9.17) is 0 Å². The lowest BCUT2D eigenvalue weighted by Gasteiger charge is -2.06. The Kier molecular flexibility index (Phi) is 2.15. The third-order valence-electron chi connectivity index (χ3n) is 4.88. The third-order valence-corrected chi connectivity index (χ3v) is 4.88. The highest BCUT2D eigenvalue weighted by molar-refractivity contribution is 5.42. The second-order valence-electron chi connectivity index (χ2n) is 6.12. The highest BCUT2D eigenvalue weighted by Gasteiger charge is 2.64. The van der Waals surface area contributed by atoms with Crippen LogP contribution in [0.2, 0.25) is 0 Å².